The van der Waals surface area contributed by atoms with Crippen molar-refractivity contribution >= 4 is 20.6 Å². The second-order valence-electron chi connectivity index (χ2n) is 1.67. The summed E-state index contributed by atoms with van der Waals surface area (Å²) in [5, 5.41) is 15.8. The van der Waals surface area contributed by atoms with Crippen LogP contribution in [0.4, 0.5) is 0 Å². The third-order valence-corrected chi connectivity index (χ3v) is 1.44. The first-order valence-corrected chi connectivity index (χ1v) is 3.47. The zero-order valence-electron chi connectivity index (χ0n) is 4.85. The first kappa shape index (κ1) is 8.15. The van der Waals surface area contributed by atoms with Crippen LogP contribution in [0, 0.1) is 5.41 Å². The number of hydrogen-bond acceptors (Lipinski definition) is 2. The van der Waals surface area contributed by atoms with E-state index in [1.165, 1.54) is 0 Å². The standard InChI is InChI=1S/C5H10NOSe/c1-2-3-4(7)5(6)8/h4,6-7H,2-3H2,1H3. The summed E-state index contributed by atoms with van der Waals surface area (Å²) in [5.41, 5.74) is 0. The van der Waals surface area contributed by atoms with Gasteiger partial charge in [0, 0.05) is 0 Å². The van der Waals surface area contributed by atoms with E-state index in [0.717, 1.165) is 6.42 Å². The van der Waals surface area contributed by atoms with Crippen LogP contribution in [0.2, 0.25) is 0 Å². The van der Waals surface area contributed by atoms with Crippen LogP contribution >= 0.6 is 0 Å². The van der Waals surface area contributed by atoms with Crippen LogP contribution in [0.5, 0.6) is 0 Å². The molecule has 0 spiro atoms. The van der Waals surface area contributed by atoms with E-state index in [9.17, 15) is 0 Å². The van der Waals surface area contributed by atoms with Crippen LogP contribution < -0.4 is 0 Å². The molecule has 1 unspecified atom stereocenters. The molecule has 47 valence electrons. The number of nitrogens with one attached hydrogen (secondary N) is 1. The van der Waals surface area contributed by atoms with Crippen molar-refractivity contribution in [3.05, 3.63) is 0 Å². The Kier molecular flexibility index (Phi) is 4.15. The molecular weight excluding hydrogens is 169 g/mol. The zero-order chi connectivity index (χ0) is 6.57. The van der Waals surface area contributed by atoms with E-state index in [-0.39, 0.29) is 4.61 Å². The molecule has 0 aliphatic rings. The Hall–Kier alpha value is 0.149. The molecule has 0 aromatic heterocycles. The number of rotatable bonds is 3. The van der Waals surface area contributed by atoms with Gasteiger partial charge < -0.3 is 0 Å². The minimum atomic E-state index is -0.556. The SMILES string of the molecule is CCCC(O)C(=N)[Se]. The van der Waals surface area contributed by atoms with E-state index in [0.29, 0.717) is 6.42 Å². The molecular formula is C5H10NOSe. The summed E-state index contributed by atoms with van der Waals surface area (Å²) in [7, 11) is 0. The van der Waals surface area contributed by atoms with Crippen LogP contribution in [0.15, 0.2) is 0 Å². The molecule has 2 N–H and O–H groups in total. The van der Waals surface area contributed by atoms with Crippen LogP contribution in [0.25, 0.3) is 0 Å². The molecule has 2 nitrogen and oxygen atoms in total. The van der Waals surface area contributed by atoms with E-state index >= 15 is 0 Å². The molecule has 0 saturated carbocycles. The Morgan fingerprint density at radius 2 is 2.38 bits per heavy atom. The molecule has 0 aromatic rings. The molecule has 1 atom stereocenters. The van der Waals surface area contributed by atoms with Crippen LogP contribution in [-0.4, -0.2) is 31.8 Å². The minimum absolute atomic E-state index is 0.242. The number of aliphatic hydroxyl groups excluding tert-OH is 1. The van der Waals surface area contributed by atoms with Crippen LogP contribution in [0.3, 0.4) is 0 Å². The second-order valence-corrected chi connectivity index (χ2v) is 2.59. The van der Waals surface area contributed by atoms with E-state index in [2.05, 4.69) is 16.0 Å². The van der Waals surface area contributed by atoms with Gasteiger partial charge in [0.25, 0.3) is 0 Å². The van der Waals surface area contributed by atoms with E-state index in [1.807, 2.05) is 6.92 Å². The Bertz CT molecular complexity index is 84.5. The summed E-state index contributed by atoms with van der Waals surface area (Å²) in [6, 6.07) is 0. The maximum atomic E-state index is 8.87. The van der Waals surface area contributed by atoms with E-state index in [4.69, 9.17) is 10.5 Å². The molecule has 0 amide bonds. The van der Waals surface area contributed by atoms with Gasteiger partial charge in [-0.1, -0.05) is 0 Å². The predicted molar refractivity (Wildman–Crippen MR) is 34.4 cm³/mol. The Balaban J connectivity index is 3.32. The molecule has 0 aromatic carbocycles. The van der Waals surface area contributed by atoms with Crippen molar-refractivity contribution in [2.75, 3.05) is 0 Å². The van der Waals surface area contributed by atoms with Gasteiger partial charge in [0.05, 0.1) is 0 Å². The van der Waals surface area contributed by atoms with Crippen molar-refractivity contribution in [2.24, 2.45) is 0 Å². The molecule has 0 fully saturated rings. The van der Waals surface area contributed by atoms with Crippen LogP contribution in [-0.2, 0) is 0 Å². The van der Waals surface area contributed by atoms with Crippen molar-refractivity contribution < 1.29 is 5.11 Å². The van der Waals surface area contributed by atoms with E-state index in [1.54, 1.807) is 0 Å². The van der Waals surface area contributed by atoms with Crippen molar-refractivity contribution in [2.45, 2.75) is 25.9 Å². The van der Waals surface area contributed by atoms with E-state index < -0.39 is 6.10 Å². The summed E-state index contributed by atoms with van der Waals surface area (Å²) in [6.45, 7) is 1.98. The van der Waals surface area contributed by atoms with Crippen molar-refractivity contribution in [1.29, 1.82) is 5.41 Å². The number of aliphatic hydroxyl groups is 1. The summed E-state index contributed by atoms with van der Waals surface area (Å²) >= 11 is 2.46. The maximum absolute atomic E-state index is 8.87. The fourth-order valence-electron chi connectivity index (χ4n) is 0.405. The summed E-state index contributed by atoms with van der Waals surface area (Å²) < 4.78 is 0.242. The Labute approximate surface area is 57.6 Å². The third-order valence-electron chi connectivity index (χ3n) is 0.865. The van der Waals surface area contributed by atoms with Gasteiger partial charge in [0.2, 0.25) is 0 Å². The van der Waals surface area contributed by atoms with Crippen LogP contribution in [0.1, 0.15) is 19.8 Å². The first-order valence-electron chi connectivity index (χ1n) is 2.62. The summed E-state index contributed by atoms with van der Waals surface area (Å²) in [5.74, 6) is 0. The van der Waals surface area contributed by atoms with Crippen molar-refractivity contribution in [3.63, 3.8) is 0 Å². The van der Waals surface area contributed by atoms with Gasteiger partial charge in [0.15, 0.2) is 0 Å². The van der Waals surface area contributed by atoms with Gasteiger partial charge in [-0.3, -0.25) is 0 Å². The molecule has 3 heteroatoms. The molecule has 0 saturated heterocycles. The average Bonchev–Trinajstić information content (AvgIpc) is 1.67. The molecule has 8 heavy (non-hydrogen) atoms. The monoisotopic (exact) mass is 180 g/mol. The van der Waals surface area contributed by atoms with Crippen molar-refractivity contribution in [1.82, 2.24) is 0 Å². The summed E-state index contributed by atoms with van der Waals surface area (Å²) in [6.07, 6.45) is 1.05. The third kappa shape index (κ3) is 3.19. The summed E-state index contributed by atoms with van der Waals surface area (Å²) in [4.78, 5) is 0. The average molecular weight is 179 g/mol. The fraction of sp³-hybridized carbons (Fsp3) is 0.800. The van der Waals surface area contributed by atoms with Gasteiger partial charge in [-0.15, -0.1) is 0 Å². The molecule has 0 bridgehead atoms. The normalized spacial score (nSPS) is 13.2. The van der Waals surface area contributed by atoms with Crippen molar-refractivity contribution in [3.8, 4) is 0 Å². The molecule has 1 radical (unpaired) electrons. The first-order chi connectivity index (χ1) is 3.68. The van der Waals surface area contributed by atoms with Gasteiger partial charge >= 0.3 is 57.0 Å². The molecule has 0 aliphatic carbocycles. The fourth-order valence-corrected chi connectivity index (χ4v) is 0.652. The molecule has 0 heterocycles. The molecule has 0 aliphatic heterocycles. The topological polar surface area (TPSA) is 44.1 Å². The predicted octanol–water partition coefficient (Wildman–Crippen LogP) is 0.293. The quantitative estimate of drug-likeness (QED) is 0.474. The van der Waals surface area contributed by atoms with Gasteiger partial charge in [-0.2, -0.15) is 0 Å². The van der Waals surface area contributed by atoms with Gasteiger partial charge in [-0.05, 0) is 0 Å². The Morgan fingerprint density at radius 3 is 2.50 bits per heavy atom. The zero-order valence-corrected chi connectivity index (χ0v) is 6.56. The van der Waals surface area contributed by atoms with Gasteiger partial charge in [0.1, 0.15) is 0 Å². The second kappa shape index (κ2) is 4.07. The Morgan fingerprint density at radius 1 is 1.88 bits per heavy atom. The number of hydrogen-bond donors (Lipinski definition) is 2. The van der Waals surface area contributed by atoms with Gasteiger partial charge in [-0.25, -0.2) is 0 Å². The molecule has 0 rings (SSSR count).